The molecular formula is C10H13NO4. The first-order valence-electron chi connectivity index (χ1n) is 4.62. The molecule has 0 saturated carbocycles. The van der Waals surface area contributed by atoms with Gasteiger partial charge in [0.15, 0.2) is 0 Å². The van der Waals surface area contributed by atoms with Crippen LogP contribution >= 0.6 is 0 Å². The summed E-state index contributed by atoms with van der Waals surface area (Å²) < 4.78 is 0. The van der Waals surface area contributed by atoms with Gasteiger partial charge in [-0.25, -0.2) is 0 Å². The Morgan fingerprint density at radius 1 is 1.33 bits per heavy atom. The Kier molecular flexibility index (Phi) is 2.93. The van der Waals surface area contributed by atoms with Gasteiger partial charge < -0.3 is 5.11 Å². The van der Waals surface area contributed by atoms with Crippen LogP contribution in [0.5, 0.6) is 0 Å². The number of rotatable bonds is 4. The lowest BCUT2D eigenvalue weighted by molar-refractivity contribution is -0.145. The number of imide groups is 1. The summed E-state index contributed by atoms with van der Waals surface area (Å²) in [6.45, 7) is 3.36. The minimum atomic E-state index is -0.935. The first-order chi connectivity index (χ1) is 6.84. The molecule has 0 saturated heterocycles. The van der Waals surface area contributed by atoms with Crippen molar-refractivity contribution in [2.75, 3.05) is 0 Å². The smallest absolute Gasteiger partial charge is 0.303 e. The molecule has 1 N–H and O–H groups in total. The third-order valence-electron chi connectivity index (χ3n) is 2.37. The zero-order valence-electron chi connectivity index (χ0n) is 8.69. The first kappa shape index (κ1) is 11.4. The van der Waals surface area contributed by atoms with E-state index >= 15 is 0 Å². The molecule has 0 bridgehead atoms. The Morgan fingerprint density at radius 3 is 2.20 bits per heavy atom. The van der Waals surface area contributed by atoms with Crippen molar-refractivity contribution in [3.63, 3.8) is 0 Å². The molecular weight excluding hydrogens is 198 g/mol. The van der Waals surface area contributed by atoms with Crippen molar-refractivity contribution < 1.29 is 19.5 Å². The van der Waals surface area contributed by atoms with E-state index in [4.69, 9.17) is 5.11 Å². The van der Waals surface area contributed by atoms with E-state index in [9.17, 15) is 14.4 Å². The highest BCUT2D eigenvalue weighted by Gasteiger charge is 2.37. The Hall–Kier alpha value is -1.65. The van der Waals surface area contributed by atoms with E-state index in [0.717, 1.165) is 4.90 Å². The van der Waals surface area contributed by atoms with E-state index in [1.54, 1.807) is 13.8 Å². The van der Waals surface area contributed by atoms with Crippen LogP contribution in [0.4, 0.5) is 0 Å². The lowest BCUT2D eigenvalue weighted by Crippen LogP contribution is -2.47. The number of hydrogen-bond donors (Lipinski definition) is 1. The largest absolute Gasteiger partial charge is 0.481 e. The number of carboxylic acid groups (broad SMARTS) is 1. The summed E-state index contributed by atoms with van der Waals surface area (Å²) in [6, 6.07) is 0. The fourth-order valence-corrected chi connectivity index (χ4v) is 1.52. The zero-order chi connectivity index (χ0) is 11.6. The quantitative estimate of drug-likeness (QED) is 0.689. The molecule has 0 radical (unpaired) electrons. The van der Waals surface area contributed by atoms with Gasteiger partial charge >= 0.3 is 5.97 Å². The standard InChI is InChI=1S/C10H13NO4/c1-10(2,6-5-9(14)15)11-7(12)3-4-8(11)13/h3-4H,5-6H2,1-2H3,(H,14,15). The molecule has 0 spiro atoms. The van der Waals surface area contributed by atoms with Gasteiger partial charge in [-0.2, -0.15) is 0 Å². The minimum Gasteiger partial charge on any atom is -0.481 e. The van der Waals surface area contributed by atoms with Crippen LogP contribution in [-0.2, 0) is 14.4 Å². The van der Waals surface area contributed by atoms with Gasteiger partial charge in [-0.15, -0.1) is 0 Å². The summed E-state index contributed by atoms with van der Waals surface area (Å²) in [5.74, 6) is -1.69. The molecule has 0 aromatic heterocycles. The van der Waals surface area contributed by atoms with Crippen LogP contribution in [-0.4, -0.2) is 33.3 Å². The van der Waals surface area contributed by atoms with Gasteiger partial charge in [-0.3, -0.25) is 19.3 Å². The predicted molar refractivity (Wildman–Crippen MR) is 51.9 cm³/mol. The average Bonchev–Trinajstić information content (AvgIpc) is 2.43. The third-order valence-corrected chi connectivity index (χ3v) is 2.37. The number of aliphatic carboxylic acids is 1. The van der Waals surface area contributed by atoms with Crippen molar-refractivity contribution in [2.24, 2.45) is 0 Å². The molecule has 0 fully saturated rings. The normalized spacial score (nSPS) is 16.3. The second-order valence-electron chi connectivity index (χ2n) is 4.05. The van der Waals surface area contributed by atoms with Crippen LogP contribution in [0.2, 0.25) is 0 Å². The molecule has 1 rings (SSSR count). The van der Waals surface area contributed by atoms with Crippen LogP contribution in [0.1, 0.15) is 26.7 Å². The van der Waals surface area contributed by atoms with Crippen molar-refractivity contribution in [2.45, 2.75) is 32.2 Å². The number of carbonyl (C=O) groups excluding carboxylic acids is 2. The van der Waals surface area contributed by atoms with Crippen LogP contribution in [0.25, 0.3) is 0 Å². The molecule has 82 valence electrons. The van der Waals surface area contributed by atoms with Crippen LogP contribution in [0.15, 0.2) is 12.2 Å². The van der Waals surface area contributed by atoms with Gasteiger partial charge in [0.05, 0.1) is 0 Å². The molecule has 5 heteroatoms. The Morgan fingerprint density at radius 2 is 1.80 bits per heavy atom. The van der Waals surface area contributed by atoms with E-state index in [1.165, 1.54) is 12.2 Å². The molecule has 0 aromatic rings. The topological polar surface area (TPSA) is 74.7 Å². The van der Waals surface area contributed by atoms with Crippen LogP contribution in [0.3, 0.4) is 0 Å². The number of amides is 2. The first-order valence-corrected chi connectivity index (χ1v) is 4.62. The predicted octanol–water partition coefficient (Wildman–Crippen LogP) is 0.555. The second kappa shape index (κ2) is 3.84. The summed E-state index contributed by atoms with van der Waals surface area (Å²) in [5.41, 5.74) is -0.754. The fourth-order valence-electron chi connectivity index (χ4n) is 1.52. The van der Waals surface area contributed by atoms with Gasteiger partial charge in [0.2, 0.25) is 0 Å². The molecule has 5 nitrogen and oxygen atoms in total. The molecule has 0 aromatic carbocycles. The summed E-state index contributed by atoms with van der Waals surface area (Å²) in [5, 5.41) is 8.55. The summed E-state index contributed by atoms with van der Waals surface area (Å²) in [6.07, 6.45) is 2.58. The van der Waals surface area contributed by atoms with Crippen LogP contribution in [0, 0.1) is 0 Å². The van der Waals surface area contributed by atoms with Gasteiger partial charge in [-0.1, -0.05) is 0 Å². The number of hydrogen-bond acceptors (Lipinski definition) is 3. The lowest BCUT2D eigenvalue weighted by atomic mass is 9.96. The highest BCUT2D eigenvalue weighted by molar-refractivity contribution is 6.13. The van der Waals surface area contributed by atoms with E-state index in [2.05, 4.69) is 0 Å². The average molecular weight is 211 g/mol. The lowest BCUT2D eigenvalue weighted by Gasteiger charge is -2.33. The maximum absolute atomic E-state index is 11.3. The van der Waals surface area contributed by atoms with Crippen molar-refractivity contribution in [3.05, 3.63) is 12.2 Å². The molecule has 1 heterocycles. The Bertz CT molecular complexity index is 325. The Labute approximate surface area is 87.4 Å². The maximum atomic E-state index is 11.3. The highest BCUT2D eigenvalue weighted by Crippen LogP contribution is 2.24. The van der Waals surface area contributed by atoms with Gasteiger partial charge in [0, 0.05) is 24.1 Å². The minimum absolute atomic E-state index is 0.0654. The number of carboxylic acids is 1. The maximum Gasteiger partial charge on any atom is 0.303 e. The van der Waals surface area contributed by atoms with Crippen molar-refractivity contribution in [1.82, 2.24) is 4.90 Å². The highest BCUT2D eigenvalue weighted by atomic mass is 16.4. The van der Waals surface area contributed by atoms with Crippen molar-refractivity contribution >= 4 is 17.8 Å². The van der Waals surface area contributed by atoms with Crippen LogP contribution < -0.4 is 0 Å². The molecule has 2 amide bonds. The third kappa shape index (κ3) is 2.43. The number of nitrogens with zero attached hydrogens (tertiary/aromatic N) is 1. The molecule has 1 aliphatic rings. The SMILES string of the molecule is CC(C)(CCC(=O)O)N1C(=O)C=CC1=O. The van der Waals surface area contributed by atoms with Gasteiger partial charge in [0.25, 0.3) is 11.8 Å². The summed E-state index contributed by atoms with van der Waals surface area (Å²) in [4.78, 5) is 34.2. The van der Waals surface area contributed by atoms with E-state index in [1.807, 2.05) is 0 Å². The second-order valence-corrected chi connectivity index (χ2v) is 4.05. The van der Waals surface area contributed by atoms with Gasteiger partial charge in [0.1, 0.15) is 0 Å². The summed E-state index contributed by atoms with van der Waals surface area (Å²) >= 11 is 0. The Balaban J connectivity index is 2.73. The van der Waals surface area contributed by atoms with Crippen molar-refractivity contribution in [1.29, 1.82) is 0 Å². The molecule has 0 unspecified atom stereocenters. The van der Waals surface area contributed by atoms with E-state index in [-0.39, 0.29) is 24.7 Å². The summed E-state index contributed by atoms with van der Waals surface area (Å²) in [7, 11) is 0. The molecule has 1 aliphatic heterocycles. The zero-order valence-corrected chi connectivity index (χ0v) is 8.69. The van der Waals surface area contributed by atoms with Crippen molar-refractivity contribution in [3.8, 4) is 0 Å². The molecule has 15 heavy (non-hydrogen) atoms. The van der Waals surface area contributed by atoms with Gasteiger partial charge in [-0.05, 0) is 20.3 Å². The fraction of sp³-hybridized carbons (Fsp3) is 0.500. The molecule has 0 aliphatic carbocycles. The van der Waals surface area contributed by atoms with E-state index < -0.39 is 11.5 Å². The monoisotopic (exact) mass is 211 g/mol. The molecule has 0 atom stereocenters. The number of carbonyl (C=O) groups is 3. The van der Waals surface area contributed by atoms with E-state index in [0.29, 0.717) is 0 Å².